The number of halogens is 2. The molecule has 1 amide bonds. The van der Waals surface area contributed by atoms with Gasteiger partial charge in [-0.05, 0) is 30.7 Å². The summed E-state index contributed by atoms with van der Waals surface area (Å²) < 4.78 is 1.66. The Balaban J connectivity index is 1.68. The molecule has 31 heavy (non-hydrogen) atoms. The van der Waals surface area contributed by atoms with Gasteiger partial charge in [0, 0.05) is 17.4 Å². The van der Waals surface area contributed by atoms with Crippen molar-refractivity contribution in [1.29, 1.82) is 0 Å². The molecule has 9 heteroatoms. The van der Waals surface area contributed by atoms with Gasteiger partial charge in [-0.15, -0.1) is 10.2 Å². The van der Waals surface area contributed by atoms with Crippen LogP contribution in [0.1, 0.15) is 28.1 Å². The molecule has 0 fully saturated rings. The average molecular weight is 471 g/mol. The number of pyridine rings is 1. The Bertz CT molecular complexity index is 1280. The summed E-state index contributed by atoms with van der Waals surface area (Å²) in [6.45, 7) is 1.48. The van der Waals surface area contributed by atoms with Gasteiger partial charge in [0.25, 0.3) is 0 Å². The Morgan fingerprint density at radius 3 is 2.55 bits per heavy atom. The van der Waals surface area contributed by atoms with Crippen molar-refractivity contribution in [3.63, 3.8) is 0 Å². The zero-order chi connectivity index (χ0) is 22.0. The summed E-state index contributed by atoms with van der Waals surface area (Å²) in [5.41, 5.74) is 2.30. The second-order valence-electron chi connectivity index (χ2n) is 6.72. The Hall–Kier alpha value is -2.87. The highest BCUT2D eigenvalue weighted by Gasteiger charge is 2.25. The largest absolute Gasteiger partial charge is 0.325 e. The van der Waals surface area contributed by atoms with Gasteiger partial charge in [-0.1, -0.05) is 77.4 Å². The van der Waals surface area contributed by atoms with E-state index in [1.54, 1.807) is 40.9 Å². The Morgan fingerprint density at radius 1 is 1.03 bits per heavy atom. The van der Waals surface area contributed by atoms with Crippen LogP contribution in [0, 0.1) is 0 Å². The maximum Gasteiger partial charge on any atom is 0.242 e. The van der Waals surface area contributed by atoms with Gasteiger partial charge in [-0.25, -0.2) is 0 Å². The van der Waals surface area contributed by atoms with Crippen molar-refractivity contribution in [3.05, 3.63) is 88.0 Å². The summed E-state index contributed by atoms with van der Waals surface area (Å²) in [6.07, 6.45) is 1.65. The highest BCUT2D eigenvalue weighted by molar-refractivity contribution is 8.00. The van der Waals surface area contributed by atoms with Crippen molar-refractivity contribution in [1.82, 2.24) is 14.6 Å². The van der Waals surface area contributed by atoms with Crippen molar-refractivity contribution in [2.45, 2.75) is 17.3 Å². The molecule has 0 aliphatic rings. The number of rotatable bonds is 6. The number of nitrogens with zero attached hydrogens (tertiary/aromatic N) is 3. The van der Waals surface area contributed by atoms with Gasteiger partial charge >= 0.3 is 0 Å². The number of amides is 1. The van der Waals surface area contributed by atoms with E-state index < -0.39 is 5.25 Å². The Labute approximate surface area is 192 Å². The van der Waals surface area contributed by atoms with E-state index in [2.05, 4.69) is 15.5 Å². The van der Waals surface area contributed by atoms with E-state index in [-0.39, 0.29) is 11.7 Å². The molecule has 6 nitrogen and oxygen atoms in total. The highest BCUT2D eigenvalue weighted by atomic mass is 35.5. The van der Waals surface area contributed by atoms with Gasteiger partial charge in [0.2, 0.25) is 5.91 Å². The number of Topliss-reactive ketones (excluding diaryl/α,β-unsaturated/α-hetero) is 1. The predicted octanol–water partition coefficient (Wildman–Crippen LogP) is 5.71. The minimum absolute atomic E-state index is 0.0752. The first-order valence-electron chi connectivity index (χ1n) is 9.25. The van der Waals surface area contributed by atoms with Crippen LogP contribution >= 0.6 is 35.0 Å². The van der Waals surface area contributed by atoms with E-state index in [0.29, 0.717) is 32.1 Å². The van der Waals surface area contributed by atoms with E-state index in [1.807, 2.05) is 30.3 Å². The smallest absolute Gasteiger partial charge is 0.242 e. The first-order valence-corrected chi connectivity index (χ1v) is 10.9. The molecular formula is C22H16Cl2N4O2S. The molecule has 2 heterocycles. The van der Waals surface area contributed by atoms with E-state index in [4.69, 9.17) is 23.2 Å². The topological polar surface area (TPSA) is 76.4 Å². The monoisotopic (exact) mass is 470 g/mol. The molecule has 4 rings (SSSR count). The fourth-order valence-corrected chi connectivity index (χ4v) is 4.53. The van der Waals surface area contributed by atoms with Gasteiger partial charge in [0.05, 0.1) is 10.0 Å². The molecular weight excluding hydrogens is 455 g/mol. The number of carbonyl (C=O) groups is 2. The molecule has 0 radical (unpaired) electrons. The minimum Gasteiger partial charge on any atom is -0.325 e. The van der Waals surface area contributed by atoms with Crippen molar-refractivity contribution in [2.24, 2.45) is 0 Å². The predicted molar refractivity (Wildman–Crippen MR) is 123 cm³/mol. The number of anilines is 1. The molecule has 1 atom stereocenters. The number of hydrogen-bond acceptors (Lipinski definition) is 5. The quantitative estimate of drug-likeness (QED) is 0.288. The highest BCUT2D eigenvalue weighted by Crippen LogP contribution is 2.36. The molecule has 0 spiro atoms. The third-order valence-corrected chi connectivity index (χ3v) is 6.19. The van der Waals surface area contributed by atoms with E-state index in [9.17, 15) is 9.59 Å². The summed E-state index contributed by atoms with van der Waals surface area (Å²) in [6, 6.07) is 17.8. The van der Waals surface area contributed by atoms with Crippen molar-refractivity contribution < 1.29 is 9.59 Å². The molecule has 2 aromatic heterocycles. The van der Waals surface area contributed by atoms with Crippen molar-refractivity contribution in [2.75, 3.05) is 5.32 Å². The number of fused-ring (bicyclic) bond motifs is 1. The van der Waals surface area contributed by atoms with Gasteiger partial charge in [-0.2, -0.15) is 0 Å². The number of benzene rings is 2. The Kier molecular flexibility index (Phi) is 6.27. The van der Waals surface area contributed by atoms with E-state index in [0.717, 1.165) is 5.56 Å². The van der Waals surface area contributed by atoms with Crippen LogP contribution in [0.4, 0.5) is 5.69 Å². The lowest BCUT2D eigenvalue weighted by molar-refractivity contribution is -0.115. The van der Waals surface area contributed by atoms with Crippen LogP contribution in [0.3, 0.4) is 0 Å². The molecule has 1 N–H and O–H groups in total. The summed E-state index contributed by atoms with van der Waals surface area (Å²) in [4.78, 5) is 24.9. The first kappa shape index (κ1) is 21.4. The summed E-state index contributed by atoms with van der Waals surface area (Å²) in [7, 11) is 0. The van der Waals surface area contributed by atoms with E-state index in [1.165, 1.54) is 18.7 Å². The average Bonchev–Trinajstić information content (AvgIpc) is 3.15. The molecule has 2 aromatic carbocycles. The van der Waals surface area contributed by atoms with Gasteiger partial charge in [0.1, 0.15) is 5.25 Å². The fourth-order valence-electron chi connectivity index (χ4n) is 3.01. The maximum atomic E-state index is 13.3. The number of carbonyl (C=O) groups excluding carboxylic acids is 2. The third-order valence-electron chi connectivity index (χ3n) is 4.50. The minimum atomic E-state index is -0.632. The second kappa shape index (κ2) is 9.09. The van der Waals surface area contributed by atoms with E-state index >= 15 is 0 Å². The fraction of sp³-hybridized carbons (Fsp3) is 0.0909. The molecule has 1 unspecified atom stereocenters. The lowest BCUT2D eigenvalue weighted by Gasteiger charge is -2.16. The summed E-state index contributed by atoms with van der Waals surface area (Å²) in [5, 5.41) is 11.8. The van der Waals surface area contributed by atoms with Crippen LogP contribution in [0.5, 0.6) is 0 Å². The van der Waals surface area contributed by atoms with Crippen molar-refractivity contribution in [3.8, 4) is 0 Å². The number of hydrogen-bond donors (Lipinski definition) is 1. The normalized spacial score (nSPS) is 12.0. The van der Waals surface area contributed by atoms with Crippen LogP contribution in [0.2, 0.25) is 10.0 Å². The van der Waals surface area contributed by atoms with Gasteiger partial charge < -0.3 is 5.32 Å². The molecule has 0 saturated carbocycles. The SMILES string of the molecule is CC(=O)c1cccc(NC(=O)C(Sc2nnc3c(Cl)cc(Cl)cn23)c2ccccc2)c1. The number of aromatic nitrogens is 3. The van der Waals surface area contributed by atoms with Gasteiger partial charge in [-0.3, -0.25) is 14.0 Å². The summed E-state index contributed by atoms with van der Waals surface area (Å²) in [5.74, 6) is -0.337. The maximum absolute atomic E-state index is 13.3. The standard InChI is InChI=1S/C22H16Cl2N4O2S/c1-13(29)15-8-5-9-17(10-15)25-21(30)19(14-6-3-2-4-7-14)31-22-27-26-20-18(24)11-16(23)12-28(20)22/h2-12,19H,1H3,(H,25,30). The van der Waals surface area contributed by atoms with Gasteiger partial charge in [0.15, 0.2) is 16.6 Å². The molecule has 0 aliphatic heterocycles. The second-order valence-corrected chi connectivity index (χ2v) is 8.63. The Morgan fingerprint density at radius 2 is 1.81 bits per heavy atom. The van der Waals surface area contributed by atoms with Crippen LogP contribution in [-0.2, 0) is 4.79 Å². The summed E-state index contributed by atoms with van der Waals surface area (Å²) >= 11 is 13.6. The molecule has 0 saturated heterocycles. The van der Waals surface area contributed by atoms with Crippen LogP contribution in [0.15, 0.2) is 72.0 Å². The van der Waals surface area contributed by atoms with Crippen LogP contribution < -0.4 is 5.32 Å². The lowest BCUT2D eigenvalue weighted by Crippen LogP contribution is -2.19. The zero-order valence-corrected chi connectivity index (χ0v) is 18.6. The first-order chi connectivity index (χ1) is 14.9. The number of nitrogens with one attached hydrogen (secondary N) is 1. The number of thioether (sulfide) groups is 1. The van der Waals surface area contributed by atoms with Crippen molar-refractivity contribution >= 4 is 58.0 Å². The van der Waals surface area contributed by atoms with Crippen LogP contribution in [-0.4, -0.2) is 26.3 Å². The molecule has 0 bridgehead atoms. The molecule has 156 valence electrons. The molecule has 4 aromatic rings. The third kappa shape index (κ3) is 4.74. The number of ketones is 1. The lowest BCUT2D eigenvalue weighted by atomic mass is 10.1. The molecule has 0 aliphatic carbocycles. The van der Waals surface area contributed by atoms with Crippen LogP contribution in [0.25, 0.3) is 5.65 Å². The zero-order valence-electron chi connectivity index (χ0n) is 16.3.